The number of likely N-dealkylation sites (tertiary alicyclic amines) is 1. The number of hydrogen-bond donors (Lipinski definition) is 0. The maximum absolute atomic E-state index is 12.4. The van der Waals surface area contributed by atoms with Crippen molar-refractivity contribution in [1.82, 2.24) is 9.47 Å². The van der Waals surface area contributed by atoms with Crippen LogP contribution in [0.4, 0.5) is 0 Å². The molecular weight excluding hydrogens is 276 g/mol. The van der Waals surface area contributed by atoms with Crippen LogP contribution in [0.3, 0.4) is 0 Å². The number of amides is 1. The number of nitrogens with zero attached hydrogens (tertiary/aromatic N) is 2. The monoisotopic (exact) mass is 298 g/mol. The Morgan fingerprint density at radius 1 is 1.14 bits per heavy atom. The first-order valence-electron chi connectivity index (χ1n) is 8.04. The van der Waals surface area contributed by atoms with Gasteiger partial charge in [-0.3, -0.25) is 9.59 Å². The molecule has 4 nitrogen and oxygen atoms in total. The van der Waals surface area contributed by atoms with E-state index < -0.39 is 0 Å². The van der Waals surface area contributed by atoms with E-state index in [2.05, 4.69) is 0 Å². The van der Waals surface area contributed by atoms with Crippen LogP contribution in [0.1, 0.15) is 31.2 Å². The van der Waals surface area contributed by atoms with Crippen molar-refractivity contribution in [1.29, 1.82) is 0 Å². The van der Waals surface area contributed by atoms with E-state index in [1.165, 1.54) is 6.42 Å². The van der Waals surface area contributed by atoms with Crippen molar-refractivity contribution in [2.75, 3.05) is 13.1 Å². The molecule has 22 heavy (non-hydrogen) atoms. The highest BCUT2D eigenvalue weighted by Gasteiger charge is 2.17. The lowest BCUT2D eigenvalue weighted by molar-refractivity contribution is -0.132. The molecule has 0 bridgehead atoms. The lowest BCUT2D eigenvalue weighted by Gasteiger charge is -2.27. The quantitative estimate of drug-likeness (QED) is 0.874. The van der Waals surface area contributed by atoms with Crippen molar-refractivity contribution in [3.05, 3.63) is 46.2 Å². The minimum Gasteiger partial charge on any atom is -0.343 e. The van der Waals surface area contributed by atoms with E-state index in [0.717, 1.165) is 42.4 Å². The summed E-state index contributed by atoms with van der Waals surface area (Å²) < 4.78 is 1.74. The highest BCUT2D eigenvalue weighted by Crippen LogP contribution is 2.14. The zero-order valence-electron chi connectivity index (χ0n) is 13.0. The van der Waals surface area contributed by atoms with E-state index in [1.807, 2.05) is 42.2 Å². The fourth-order valence-electron chi connectivity index (χ4n) is 3.20. The lowest BCUT2D eigenvalue weighted by atomic mass is 10.1. The zero-order valence-corrected chi connectivity index (χ0v) is 13.0. The van der Waals surface area contributed by atoms with Gasteiger partial charge in [0, 0.05) is 31.6 Å². The van der Waals surface area contributed by atoms with E-state index in [1.54, 1.807) is 4.57 Å². The molecule has 1 aliphatic heterocycles. The van der Waals surface area contributed by atoms with Crippen LogP contribution in [-0.2, 0) is 11.3 Å². The second-order valence-electron chi connectivity index (χ2n) is 6.03. The third kappa shape index (κ3) is 2.91. The molecule has 1 aromatic carbocycles. The first kappa shape index (κ1) is 14.8. The second kappa shape index (κ2) is 6.34. The van der Waals surface area contributed by atoms with Gasteiger partial charge >= 0.3 is 0 Å². The minimum atomic E-state index is 0.00476. The Kier molecular flexibility index (Phi) is 4.27. The van der Waals surface area contributed by atoms with Crippen LogP contribution in [0.25, 0.3) is 10.9 Å². The van der Waals surface area contributed by atoms with Gasteiger partial charge in [0.15, 0.2) is 0 Å². The summed E-state index contributed by atoms with van der Waals surface area (Å²) in [5, 5.41) is 1.05. The topological polar surface area (TPSA) is 42.3 Å². The van der Waals surface area contributed by atoms with E-state index in [9.17, 15) is 9.59 Å². The number of carbonyl (C=O) groups excluding carboxylic acids is 1. The second-order valence-corrected chi connectivity index (χ2v) is 6.03. The summed E-state index contributed by atoms with van der Waals surface area (Å²) in [6.07, 6.45) is 3.80. The maximum atomic E-state index is 12.4. The van der Waals surface area contributed by atoms with E-state index in [0.29, 0.717) is 13.0 Å². The number of carbonyl (C=O) groups is 1. The Labute approximate surface area is 130 Å². The number of aryl methyl sites for hydroxylation is 2. The van der Waals surface area contributed by atoms with Crippen molar-refractivity contribution < 1.29 is 4.79 Å². The molecule has 2 heterocycles. The van der Waals surface area contributed by atoms with Gasteiger partial charge in [0.25, 0.3) is 5.56 Å². The van der Waals surface area contributed by atoms with Crippen molar-refractivity contribution >= 4 is 16.8 Å². The molecule has 0 saturated carbocycles. The number of fused-ring (bicyclic) bond motifs is 1. The predicted octanol–water partition coefficient (Wildman–Crippen LogP) is 2.71. The molecule has 1 aliphatic rings. The number of rotatable bonds is 3. The van der Waals surface area contributed by atoms with E-state index in [4.69, 9.17) is 0 Å². The highest BCUT2D eigenvalue weighted by molar-refractivity contribution is 5.80. The molecular formula is C18H22N2O2. The van der Waals surface area contributed by atoms with Crippen LogP contribution >= 0.6 is 0 Å². The van der Waals surface area contributed by atoms with Crippen LogP contribution in [-0.4, -0.2) is 28.5 Å². The number of piperidine rings is 1. The fourth-order valence-corrected chi connectivity index (χ4v) is 3.20. The molecule has 4 heteroatoms. The van der Waals surface area contributed by atoms with Gasteiger partial charge in [0.1, 0.15) is 0 Å². The first-order chi connectivity index (χ1) is 10.7. The number of benzene rings is 1. The Balaban J connectivity index is 1.83. The average molecular weight is 298 g/mol. The summed E-state index contributed by atoms with van der Waals surface area (Å²) in [6.45, 7) is 4.01. The van der Waals surface area contributed by atoms with Gasteiger partial charge in [0.05, 0.1) is 5.52 Å². The fraction of sp³-hybridized carbons (Fsp3) is 0.444. The Bertz CT molecular complexity index is 742. The maximum Gasteiger partial charge on any atom is 0.253 e. The standard InChI is InChI=1S/C18H22N2O2/c1-14-13-15-7-3-4-8-16(15)20(18(14)22)12-9-17(21)19-10-5-2-6-11-19/h3-4,7-8,13H,2,5-6,9-12H2,1H3. The summed E-state index contributed by atoms with van der Waals surface area (Å²) in [5.74, 6) is 0.164. The molecule has 1 saturated heterocycles. The van der Waals surface area contributed by atoms with Crippen molar-refractivity contribution in [2.45, 2.75) is 39.2 Å². The summed E-state index contributed by atoms with van der Waals surface area (Å²) in [4.78, 5) is 26.7. The molecule has 0 radical (unpaired) electrons. The Morgan fingerprint density at radius 3 is 2.64 bits per heavy atom. The summed E-state index contributed by atoms with van der Waals surface area (Å²) in [7, 11) is 0. The van der Waals surface area contributed by atoms with Crippen molar-refractivity contribution in [3.63, 3.8) is 0 Å². The number of hydrogen-bond acceptors (Lipinski definition) is 2. The number of aromatic nitrogens is 1. The predicted molar refractivity (Wildman–Crippen MR) is 88.0 cm³/mol. The van der Waals surface area contributed by atoms with Crippen LogP contribution < -0.4 is 5.56 Å². The summed E-state index contributed by atoms with van der Waals surface area (Å²) in [6, 6.07) is 9.77. The van der Waals surface area contributed by atoms with Gasteiger partial charge in [-0.15, -0.1) is 0 Å². The van der Waals surface area contributed by atoms with E-state index >= 15 is 0 Å². The molecule has 0 spiro atoms. The molecule has 3 rings (SSSR count). The highest BCUT2D eigenvalue weighted by atomic mass is 16.2. The van der Waals surface area contributed by atoms with Crippen LogP contribution in [0.5, 0.6) is 0 Å². The third-order valence-corrected chi connectivity index (χ3v) is 4.44. The molecule has 1 amide bonds. The van der Waals surface area contributed by atoms with Gasteiger partial charge in [-0.05, 0) is 43.7 Å². The smallest absolute Gasteiger partial charge is 0.253 e. The molecule has 0 unspecified atom stereocenters. The van der Waals surface area contributed by atoms with Gasteiger partial charge < -0.3 is 9.47 Å². The molecule has 1 fully saturated rings. The van der Waals surface area contributed by atoms with Crippen molar-refractivity contribution in [3.8, 4) is 0 Å². The van der Waals surface area contributed by atoms with Crippen LogP contribution in [0, 0.1) is 6.92 Å². The molecule has 116 valence electrons. The molecule has 0 aliphatic carbocycles. The largest absolute Gasteiger partial charge is 0.343 e. The summed E-state index contributed by atoms with van der Waals surface area (Å²) >= 11 is 0. The third-order valence-electron chi connectivity index (χ3n) is 4.44. The van der Waals surface area contributed by atoms with Gasteiger partial charge in [0.2, 0.25) is 5.91 Å². The normalized spacial score (nSPS) is 15.2. The molecule has 0 atom stereocenters. The van der Waals surface area contributed by atoms with E-state index in [-0.39, 0.29) is 11.5 Å². The molecule has 0 N–H and O–H groups in total. The minimum absolute atomic E-state index is 0.00476. The van der Waals surface area contributed by atoms with Gasteiger partial charge in [-0.1, -0.05) is 18.2 Å². The van der Waals surface area contributed by atoms with Gasteiger partial charge in [-0.2, -0.15) is 0 Å². The SMILES string of the molecule is Cc1cc2ccccc2n(CCC(=O)N2CCCCC2)c1=O. The average Bonchev–Trinajstić information content (AvgIpc) is 2.56. The Hall–Kier alpha value is -2.10. The lowest BCUT2D eigenvalue weighted by Crippen LogP contribution is -2.36. The number of pyridine rings is 1. The van der Waals surface area contributed by atoms with Crippen LogP contribution in [0.15, 0.2) is 35.1 Å². The summed E-state index contributed by atoms with van der Waals surface area (Å²) in [5.41, 5.74) is 1.64. The first-order valence-corrected chi connectivity index (χ1v) is 8.04. The zero-order chi connectivity index (χ0) is 15.5. The van der Waals surface area contributed by atoms with Crippen molar-refractivity contribution in [2.24, 2.45) is 0 Å². The van der Waals surface area contributed by atoms with Crippen LogP contribution in [0.2, 0.25) is 0 Å². The molecule has 1 aromatic heterocycles. The molecule has 2 aromatic rings. The number of para-hydroxylation sites is 1. The Morgan fingerprint density at radius 2 is 1.86 bits per heavy atom. The van der Waals surface area contributed by atoms with Gasteiger partial charge in [-0.25, -0.2) is 0 Å².